The number of ether oxygens (including phenoxy) is 2. The monoisotopic (exact) mass is 502 g/mol. The molecule has 0 spiro atoms. The zero-order valence-electron chi connectivity index (χ0n) is 19.6. The lowest BCUT2D eigenvalue weighted by atomic mass is 9.98. The number of alkyl halides is 3. The summed E-state index contributed by atoms with van der Waals surface area (Å²) in [5.74, 6) is -1.26. The number of carbonyl (C=O) groups excluding carboxylic acids is 3. The van der Waals surface area contributed by atoms with Crippen LogP contribution in [0.1, 0.15) is 42.9 Å². The van der Waals surface area contributed by atoms with Crippen LogP contribution in [0.15, 0.2) is 42.5 Å². The molecule has 0 unspecified atom stereocenters. The van der Waals surface area contributed by atoms with E-state index in [1.165, 1.54) is 24.0 Å². The van der Waals surface area contributed by atoms with Gasteiger partial charge in [0, 0.05) is 36.5 Å². The molecule has 0 saturated heterocycles. The Morgan fingerprint density at radius 2 is 1.92 bits per heavy atom. The molecule has 2 aromatic rings. The summed E-state index contributed by atoms with van der Waals surface area (Å²) >= 11 is 0. The number of rotatable bonds is 4. The molecule has 0 aliphatic carbocycles. The van der Waals surface area contributed by atoms with Crippen LogP contribution in [0.2, 0.25) is 0 Å². The van der Waals surface area contributed by atoms with Gasteiger partial charge in [-0.1, -0.05) is 12.1 Å². The normalized spacial score (nSPS) is 16.3. The summed E-state index contributed by atoms with van der Waals surface area (Å²) in [7, 11) is 0. The van der Waals surface area contributed by atoms with Gasteiger partial charge in [-0.05, 0) is 61.1 Å². The minimum Gasteiger partial charge on any atom is -0.493 e. The topological polar surface area (TPSA) is 84.9 Å². The summed E-state index contributed by atoms with van der Waals surface area (Å²) in [6.45, 7) is 1.57. The number of amides is 2. The van der Waals surface area contributed by atoms with Crippen LogP contribution in [-0.4, -0.2) is 37.5 Å². The Hall–Kier alpha value is -3.82. The average molecular weight is 502 g/mol. The largest absolute Gasteiger partial charge is 0.493 e. The number of nitrogens with zero attached hydrogens (tertiary/aromatic N) is 1. The second-order valence-corrected chi connectivity index (χ2v) is 8.59. The predicted octanol–water partition coefficient (Wildman–Crippen LogP) is 4.74. The minimum absolute atomic E-state index is 0.0945. The fourth-order valence-corrected chi connectivity index (χ4v) is 4.30. The number of allylic oxidation sites excluding steroid dienone is 1. The standard InChI is InChI=1S/C26H25F3N2O5/c1-16(32)36-15-25(34)31-10-2-4-17-6-8-20(14-22(17)31)30-24(33)12-18-5-3-11-35-23-13-19(26(27,28)29)7-9-21(18)23/h6-9,12-14H,2-5,10-11,15H2,1H3,(H,30,33)/b18-12+. The second-order valence-electron chi connectivity index (χ2n) is 8.59. The summed E-state index contributed by atoms with van der Waals surface area (Å²) in [6.07, 6.45) is -0.590. The van der Waals surface area contributed by atoms with Crippen molar-refractivity contribution in [1.29, 1.82) is 0 Å². The van der Waals surface area contributed by atoms with Crippen molar-refractivity contribution >= 4 is 34.7 Å². The molecule has 0 aromatic heterocycles. The van der Waals surface area contributed by atoms with Crippen molar-refractivity contribution in [3.63, 3.8) is 0 Å². The lowest BCUT2D eigenvalue weighted by molar-refractivity contribution is -0.145. The first-order valence-electron chi connectivity index (χ1n) is 11.5. The van der Waals surface area contributed by atoms with Crippen molar-refractivity contribution < 1.29 is 37.0 Å². The van der Waals surface area contributed by atoms with Gasteiger partial charge in [-0.25, -0.2) is 0 Å². The van der Waals surface area contributed by atoms with Crippen LogP contribution < -0.4 is 15.0 Å². The number of benzene rings is 2. The molecule has 2 heterocycles. The fraction of sp³-hybridized carbons (Fsp3) is 0.346. The van der Waals surface area contributed by atoms with E-state index in [0.717, 1.165) is 30.5 Å². The zero-order valence-corrected chi connectivity index (χ0v) is 19.6. The third-order valence-corrected chi connectivity index (χ3v) is 5.98. The SMILES string of the molecule is CC(=O)OCC(=O)N1CCCc2ccc(NC(=O)/C=C3\CCCOc4cc(C(F)(F)F)ccc43)cc21. The van der Waals surface area contributed by atoms with Crippen LogP contribution in [0.4, 0.5) is 24.5 Å². The van der Waals surface area contributed by atoms with Crippen LogP contribution in [0.3, 0.4) is 0 Å². The lowest BCUT2D eigenvalue weighted by Crippen LogP contribution is -2.38. The van der Waals surface area contributed by atoms with Gasteiger partial charge in [0.1, 0.15) is 5.75 Å². The first-order chi connectivity index (χ1) is 17.1. The lowest BCUT2D eigenvalue weighted by Gasteiger charge is -2.29. The summed E-state index contributed by atoms with van der Waals surface area (Å²) in [6, 6.07) is 8.51. The highest BCUT2D eigenvalue weighted by Gasteiger charge is 2.32. The van der Waals surface area contributed by atoms with Gasteiger partial charge in [0.05, 0.1) is 12.2 Å². The van der Waals surface area contributed by atoms with Gasteiger partial charge in [-0.3, -0.25) is 14.4 Å². The van der Waals surface area contributed by atoms with Gasteiger partial charge in [0.15, 0.2) is 6.61 Å². The Morgan fingerprint density at radius 1 is 1.11 bits per heavy atom. The van der Waals surface area contributed by atoms with E-state index in [1.54, 1.807) is 12.1 Å². The highest BCUT2D eigenvalue weighted by molar-refractivity contribution is 6.05. The molecule has 10 heteroatoms. The van der Waals surface area contributed by atoms with Crippen LogP contribution in [0.5, 0.6) is 5.75 Å². The van der Waals surface area contributed by atoms with Crippen LogP contribution in [0, 0.1) is 0 Å². The fourth-order valence-electron chi connectivity index (χ4n) is 4.30. The maximum absolute atomic E-state index is 13.1. The highest BCUT2D eigenvalue weighted by Crippen LogP contribution is 2.38. The molecule has 2 aliphatic heterocycles. The van der Waals surface area contributed by atoms with Crippen LogP contribution in [0.25, 0.3) is 5.57 Å². The first-order valence-corrected chi connectivity index (χ1v) is 11.5. The van der Waals surface area contributed by atoms with Crippen molar-refractivity contribution in [2.45, 2.75) is 38.8 Å². The molecule has 2 amide bonds. The van der Waals surface area contributed by atoms with E-state index < -0.39 is 23.6 Å². The van der Waals surface area contributed by atoms with Crippen LogP contribution in [-0.2, 0) is 31.7 Å². The van der Waals surface area contributed by atoms with E-state index in [9.17, 15) is 27.6 Å². The zero-order chi connectivity index (χ0) is 25.9. The average Bonchev–Trinajstić information content (AvgIpc) is 3.03. The Labute approximate surface area is 205 Å². The molecule has 0 atom stereocenters. The minimum atomic E-state index is -4.49. The Bertz CT molecular complexity index is 1220. The number of esters is 1. The molecular weight excluding hydrogens is 477 g/mol. The molecule has 0 saturated carbocycles. The van der Waals surface area contributed by atoms with Crippen molar-refractivity contribution in [2.75, 3.05) is 30.0 Å². The molecule has 36 heavy (non-hydrogen) atoms. The number of hydrogen-bond donors (Lipinski definition) is 1. The third kappa shape index (κ3) is 5.87. The number of carbonyl (C=O) groups is 3. The molecule has 0 bridgehead atoms. The van der Waals surface area contributed by atoms with E-state index in [2.05, 4.69) is 5.32 Å². The van der Waals surface area contributed by atoms with E-state index in [0.29, 0.717) is 41.9 Å². The van der Waals surface area contributed by atoms with Crippen molar-refractivity contribution in [2.24, 2.45) is 0 Å². The molecular formula is C26H25F3N2O5. The summed E-state index contributed by atoms with van der Waals surface area (Å²) in [5.41, 5.74) is 2.24. The van der Waals surface area contributed by atoms with Gasteiger partial charge in [-0.15, -0.1) is 0 Å². The van der Waals surface area contributed by atoms with Crippen LogP contribution >= 0.6 is 0 Å². The molecule has 2 aliphatic rings. The molecule has 2 aromatic carbocycles. The van der Waals surface area contributed by atoms with E-state index >= 15 is 0 Å². The molecule has 1 N–H and O–H groups in total. The Balaban J connectivity index is 1.54. The van der Waals surface area contributed by atoms with Crippen molar-refractivity contribution in [3.8, 4) is 5.75 Å². The number of fused-ring (bicyclic) bond motifs is 2. The number of nitrogens with one attached hydrogen (secondary N) is 1. The van der Waals surface area contributed by atoms with E-state index in [1.807, 2.05) is 6.07 Å². The van der Waals surface area contributed by atoms with Gasteiger partial charge in [0.25, 0.3) is 5.91 Å². The predicted molar refractivity (Wildman–Crippen MR) is 127 cm³/mol. The highest BCUT2D eigenvalue weighted by atomic mass is 19.4. The van der Waals surface area contributed by atoms with E-state index in [-0.39, 0.29) is 24.9 Å². The maximum Gasteiger partial charge on any atom is 0.416 e. The second kappa shape index (κ2) is 10.4. The quantitative estimate of drug-likeness (QED) is 0.482. The summed E-state index contributed by atoms with van der Waals surface area (Å²) < 4.78 is 49.7. The van der Waals surface area contributed by atoms with Gasteiger partial charge >= 0.3 is 12.1 Å². The molecule has 0 fully saturated rings. The van der Waals surface area contributed by atoms with Gasteiger partial charge < -0.3 is 19.7 Å². The number of halogens is 3. The third-order valence-electron chi connectivity index (χ3n) is 5.98. The molecule has 7 nitrogen and oxygen atoms in total. The van der Waals surface area contributed by atoms with Crippen molar-refractivity contribution in [3.05, 3.63) is 59.2 Å². The number of aryl methyl sites for hydroxylation is 1. The number of hydrogen-bond acceptors (Lipinski definition) is 5. The number of anilines is 2. The summed E-state index contributed by atoms with van der Waals surface area (Å²) in [4.78, 5) is 38.0. The van der Waals surface area contributed by atoms with Crippen molar-refractivity contribution in [1.82, 2.24) is 0 Å². The summed E-state index contributed by atoms with van der Waals surface area (Å²) in [5, 5.41) is 2.78. The Kier molecular flexibility index (Phi) is 7.32. The molecule has 4 rings (SSSR count). The smallest absolute Gasteiger partial charge is 0.416 e. The van der Waals surface area contributed by atoms with Gasteiger partial charge in [0.2, 0.25) is 5.91 Å². The Morgan fingerprint density at radius 3 is 2.67 bits per heavy atom. The van der Waals surface area contributed by atoms with Gasteiger partial charge in [-0.2, -0.15) is 13.2 Å². The molecule has 190 valence electrons. The maximum atomic E-state index is 13.1. The molecule has 0 radical (unpaired) electrons. The van der Waals surface area contributed by atoms with E-state index in [4.69, 9.17) is 9.47 Å². The first kappa shape index (κ1) is 25.3.